The number of hydrogen-bond acceptors (Lipinski definition) is 3. The van der Waals surface area contributed by atoms with Gasteiger partial charge in [0.2, 0.25) is 0 Å². The third-order valence-electron chi connectivity index (χ3n) is 5.45. The van der Waals surface area contributed by atoms with Crippen LogP contribution >= 0.6 is 0 Å². The molecule has 1 heterocycles. The summed E-state index contributed by atoms with van der Waals surface area (Å²) in [6.45, 7) is 12.6. The number of para-hydroxylation sites is 2. The van der Waals surface area contributed by atoms with Gasteiger partial charge in [-0.25, -0.2) is 4.98 Å². The van der Waals surface area contributed by atoms with Gasteiger partial charge in [-0.2, -0.15) is 0 Å². The first-order valence-corrected chi connectivity index (χ1v) is 10.7. The van der Waals surface area contributed by atoms with Gasteiger partial charge in [-0.3, -0.25) is 9.98 Å². The monoisotopic (exact) mass is 397 g/mol. The first kappa shape index (κ1) is 21.6. The van der Waals surface area contributed by atoms with E-state index in [4.69, 9.17) is 15.0 Å². The van der Waals surface area contributed by atoms with Gasteiger partial charge < -0.3 is 0 Å². The fourth-order valence-corrected chi connectivity index (χ4v) is 3.63. The van der Waals surface area contributed by atoms with E-state index in [-0.39, 0.29) is 0 Å². The van der Waals surface area contributed by atoms with Gasteiger partial charge in [0, 0.05) is 0 Å². The average molecular weight is 398 g/mol. The Morgan fingerprint density at radius 3 is 1.60 bits per heavy atom. The number of hydrogen-bond donors (Lipinski definition) is 0. The standard InChI is InChI=1S/C27H31N3/c1-7-22-14-10-15-23(8-2)27(22)29-21(6)25-17-11-16-24(30-25)20(5)28-26-18(3)12-9-13-19(26)4/h9-17H,7-8H2,1-6H3. The number of aliphatic imine (C=N–C) groups is 2. The van der Waals surface area contributed by atoms with Crippen molar-refractivity contribution in [3.05, 3.63) is 88.2 Å². The van der Waals surface area contributed by atoms with Gasteiger partial charge in [-0.1, -0.05) is 56.3 Å². The lowest BCUT2D eigenvalue weighted by Gasteiger charge is -2.11. The quantitative estimate of drug-likeness (QED) is 0.409. The molecule has 3 heteroatoms. The average Bonchev–Trinajstić information content (AvgIpc) is 2.76. The van der Waals surface area contributed by atoms with E-state index in [0.717, 1.165) is 47.0 Å². The molecule has 3 aromatic rings. The molecule has 0 amide bonds. The van der Waals surface area contributed by atoms with Gasteiger partial charge in [0.25, 0.3) is 0 Å². The molecule has 0 spiro atoms. The number of nitrogens with zero attached hydrogens (tertiary/aromatic N) is 3. The van der Waals surface area contributed by atoms with Crippen LogP contribution in [0.5, 0.6) is 0 Å². The topological polar surface area (TPSA) is 37.6 Å². The van der Waals surface area contributed by atoms with E-state index in [2.05, 4.69) is 64.1 Å². The molecular formula is C27H31N3. The SMILES string of the molecule is CCc1cccc(CC)c1N=C(C)c1cccc(C(C)=Nc2c(C)cccc2C)n1. The van der Waals surface area contributed by atoms with Crippen molar-refractivity contribution >= 4 is 22.8 Å². The van der Waals surface area contributed by atoms with E-state index in [9.17, 15) is 0 Å². The molecule has 154 valence electrons. The highest BCUT2D eigenvalue weighted by molar-refractivity contribution is 6.02. The normalized spacial score (nSPS) is 12.3. The second kappa shape index (κ2) is 9.62. The molecule has 0 aliphatic rings. The van der Waals surface area contributed by atoms with E-state index in [1.165, 1.54) is 22.3 Å². The third-order valence-corrected chi connectivity index (χ3v) is 5.45. The Bertz CT molecular complexity index is 1060. The Morgan fingerprint density at radius 2 is 1.10 bits per heavy atom. The maximum Gasteiger partial charge on any atom is 0.0849 e. The zero-order valence-electron chi connectivity index (χ0n) is 19.0. The van der Waals surface area contributed by atoms with Crippen LogP contribution in [0.2, 0.25) is 0 Å². The fourth-order valence-electron chi connectivity index (χ4n) is 3.63. The van der Waals surface area contributed by atoms with Gasteiger partial charge in [-0.05, 0) is 74.9 Å². The summed E-state index contributed by atoms with van der Waals surface area (Å²) in [5.41, 5.74) is 10.6. The summed E-state index contributed by atoms with van der Waals surface area (Å²) in [5.74, 6) is 0. The van der Waals surface area contributed by atoms with Crippen LogP contribution in [-0.4, -0.2) is 16.4 Å². The number of aromatic nitrogens is 1. The molecule has 30 heavy (non-hydrogen) atoms. The molecule has 3 rings (SSSR count). The number of aryl methyl sites for hydroxylation is 4. The highest BCUT2D eigenvalue weighted by Gasteiger charge is 2.09. The predicted octanol–water partition coefficient (Wildman–Crippen LogP) is 7.10. The summed E-state index contributed by atoms with van der Waals surface area (Å²) < 4.78 is 0. The zero-order chi connectivity index (χ0) is 21.7. The molecule has 0 aliphatic heterocycles. The molecule has 0 fully saturated rings. The summed E-state index contributed by atoms with van der Waals surface area (Å²) in [6, 6.07) is 18.8. The molecule has 0 saturated heterocycles. The molecule has 0 radical (unpaired) electrons. The van der Waals surface area contributed by atoms with E-state index >= 15 is 0 Å². The van der Waals surface area contributed by atoms with Crippen molar-refractivity contribution in [2.75, 3.05) is 0 Å². The number of pyridine rings is 1. The fraction of sp³-hybridized carbons (Fsp3) is 0.296. The zero-order valence-corrected chi connectivity index (χ0v) is 19.0. The maximum absolute atomic E-state index is 5.00. The van der Waals surface area contributed by atoms with Crippen molar-refractivity contribution in [3.8, 4) is 0 Å². The lowest BCUT2D eigenvalue weighted by Crippen LogP contribution is -2.05. The minimum Gasteiger partial charge on any atom is -0.251 e. The number of rotatable bonds is 6. The summed E-state index contributed by atoms with van der Waals surface area (Å²) in [6.07, 6.45) is 1.93. The van der Waals surface area contributed by atoms with E-state index in [1.54, 1.807) is 0 Å². The largest absolute Gasteiger partial charge is 0.251 e. The minimum absolute atomic E-state index is 0.879. The predicted molar refractivity (Wildman–Crippen MR) is 129 cm³/mol. The van der Waals surface area contributed by atoms with Gasteiger partial charge in [-0.15, -0.1) is 0 Å². The third kappa shape index (κ3) is 4.73. The summed E-state index contributed by atoms with van der Waals surface area (Å²) in [5, 5.41) is 0. The smallest absolute Gasteiger partial charge is 0.0849 e. The van der Waals surface area contributed by atoms with Crippen molar-refractivity contribution in [3.63, 3.8) is 0 Å². The Labute approximate surface area is 180 Å². The lowest BCUT2D eigenvalue weighted by molar-refractivity contribution is 1.08. The molecular weight excluding hydrogens is 366 g/mol. The maximum atomic E-state index is 5.00. The van der Waals surface area contributed by atoms with Crippen LogP contribution in [0.25, 0.3) is 0 Å². The van der Waals surface area contributed by atoms with Gasteiger partial charge >= 0.3 is 0 Å². The highest BCUT2D eigenvalue weighted by atomic mass is 14.8. The highest BCUT2D eigenvalue weighted by Crippen LogP contribution is 2.27. The first-order valence-electron chi connectivity index (χ1n) is 10.7. The van der Waals surface area contributed by atoms with Crippen LogP contribution in [0.1, 0.15) is 61.3 Å². The Hall–Kier alpha value is -3.07. The Kier molecular flexibility index (Phi) is 6.94. The van der Waals surface area contributed by atoms with Gasteiger partial charge in [0.15, 0.2) is 0 Å². The summed E-state index contributed by atoms with van der Waals surface area (Å²) in [7, 11) is 0. The van der Waals surface area contributed by atoms with Crippen molar-refractivity contribution in [1.29, 1.82) is 0 Å². The van der Waals surface area contributed by atoms with Crippen LogP contribution in [-0.2, 0) is 12.8 Å². The second-order valence-electron chi connectivity index (χ2n) is 7.67. The van der Waals surface area contributed by atoms with Crippen molar-refractivity contribution in [2.24, 2.45) is 9.98 Å². The molecule has 3 nitrogen and oxygen atoms in total. The molecule has 0 saturated carbocycles. The first-order chi connectivity index (χ1) is 14.4. The minimum atomic E-state index is 0.879. The Morgan fingerprint density at radius 1 is 0.667 bits per heavy atom. The molecule has 0 N–H and O–H groups in total. The number of benzene rings is 2. The van der Waals surface area contributed by atoms with Crippen LogP contribution in [0.4, 0.5) is 11.4 Å². The second-order valence-corrected chi connectivity index (χ2v) is 7.67. The van der Waals surface area contributed by atoms with E-state index in [0.29, 0.717) is 0 Å². The van der Waals surface area contributed by atoms with Crippen LogP contribution in [0.3, 0.4) is 0 Å². The van der Waals surface area contributed by atoms with Gasteiger partial charge in [0.1, 0.15) is 0 Å². The van der Waals surface area contributed by atoms with Crippen LogP contribution in [0.15, 0.2) is 64.6 Å². The molecule has 2 aromatic carbocycles. The molecule has 1 aromatic heterocycles. The Balaban J connectivity index is 2.00. The molecule has 0 atom stereocenters. The van der Waals surface area contributed by atoms with Crippen molar-refractivity contribution in [2.45, 2.75) is 54.4 Å². The van der Waals surface area contributed by atoms with Crippen molar-refractivity contribution < 1.29 is 0 Å². The molecule has 0 aliphatic carbocycles. The van der Waals surface area contributed by atoms with E-state index < -0.39 is 0 Å². The van der Waals surface area contributed by atoms with Crippen LogP contribution in [0, 0.1) is 13.8 Å². The van der Waals surface area contributed by atoms with E-state index in [1.807, 2.05) is 32.0 Å². The van der Waals surface area contributed by atoms with Crippen molar-refractivity contribution in [1.82, 2.24) is 4.98 Å². The van der Waals surface area contributed by atoms with Crippen LogP contribution < -0.4 is 0 Å². The lowest BCUT2D eigenvalue weighted by atomic mass is 10.0. The molecule has 0 bridgehead atoms. The van der Waals surface area contributed by atoms with Gasteiger partial charge in [0.05, 0.1) is 34.2 Å². The summed E-state index contributed by atoms with van der Waals surface area (Å²) >= 11 is 0. The summed E-state index contributed by atoms with van der Waals surface area (Å²) in [4.78, 5) is 14.8. The molecule has 0 unspecified atom stereocenters.